The molecule has 0 amide bonds. The van der Waals surface area contributed by atoms with Crippen LogP contribution in [0.1, 0.15) is 45.2 Å². The lowest BCUT2D eigenvalue weighted by atomic mass is 10.2. The topological polar surface area (TPSA) is 47.1 Å². The molecule has 0 aliphatic carbocycles. The molecule has 1 heterocycles. The van der Waals surface area contributed by atoms with Gasteiger partial charge in [0.05, 0.1) is 11.4 Å². The molecule has 17 heavy (non-hydrogen) atoms. The maximum atomic E-state index is 6.12. The Labute approximate surface area is 105 Å². The number of nitrogens with two attached hydrogens (primary N) is 1. The van der Waals surface area contributed by atoms with Gasteiger partial charge in [-0.3, -0.25) is 4.68 Å². The number of aromatic nitrogens is 2. The molecule has 4 nitrogen and oxygen atoms in total. The number of nitrogen functional groups attached to an aromatic ring is 1. The Balaban J connectivity index is 2.86. The van der Waals surface area contributed by atoms with Crippen LogP contribution in [0.4, 0.5) is 11.5 Å². The minimum Gasteiger partial charge on any atom is -0.394 e. The van der Waals surface area contributed by atoms with Gasteiger partial charge in [-0.25, -0.2) is 0 Å². The standard InChI is InChI=1S/C13H26N4/c1-5-7-9-17(10-8-6-2)13-12(14)11(3)15-16(13)4/h5-10,14H2,1-4H3. The Morgan fingerprint density at radius 1 is 1.18 bits per heavy atom. The first kappa shape index (κ1) is 13.9. The molecule has 98 valence electrons. The van der Waals surface area contributed by atoms with E-state index in [0.29, 0.717) is 0 Å². The highest BCUT2D eigenvalue weighted by Gasteiger charge is 2.16. The first-order valence-corrected chi connectivity index (χ1v) is 6.65. The van der Waals surface area contributed by atoms with Crippen molar-refractivity contribution in [2.24, 2.45) is 7.05 Å². The summed E-state index contributed by atoms with van der Waals surface area (Å²) in [6.45, 7) is 8.54. The molecule has 0 saturated heterocycles. The van der Waals surface area contributed by atoms with Gasteiger partial charge in [0.1, 0.15) is 5.82 Å². The van der Waals surface area contributed by atoms with Crippen LogP contribution in [0.3, 0.4) is 0 Å². The lowest BCUT2D eigenvalue weighted by Crippen LogP contribution is -2.28. The summed E-state index contributed by atoms with van der Waals surface area (Å²) in [5.41, 5.74) is 7.89. The molecule has 1 rings (SSSR count). The predicted molar refractivity (Wildman–Crippen MR) is 74.4 cm³/mol. The number of hydrogen-bond acceptors (Lipinski definition) is 3. The largest absolute Gasteiger partial charge is 0.394 e. The van der Waals surface area contributed by atoms with Gasteiger partial charge in [-0.15, -0.1) is 0 Å². The molecule has 0 bridgehead atoms. The lowest BCUT2D eigenvalue weighted by molar-refractivity contribution is 0.642. The number of nitrogens with zero attached hydrogens (tertiary/aromatic N) is 3. The van der Waals surface area contributed by atoms with E-state index in [1.807, 2.05) is 18.7 Å². The normalized spacial score (nSPS) is 10.8. The fraction of sp³-hybridized carbons (Fsp3) is 0.769. The highest BCUT2D eigenvalue weighted by Crippen LogP contribution is 2.26. The lowest BCUT2D eigenvalue weighted by Gasteiger charge is -2.25. The first-order valence-electron chi connectivity index (χ1n) is 6.65. The average Bonchev–Trinajstić information content (AvgIpc) is 2.55. The maximum absolute atomic E-state index is 6.12. The van der Waals surface area contributed by atoms with Gasteiger partial charge in [-0.05, 0) is 19.8 Å². The molecule has 0 aliphatic heterocycles. The van der Waals surface area contributed by atoms with E-state index in [9.17, 15) is 0 Å². The van der Waals surface area contributed by atoms with Gasteiger partial charge >= 0.3 is 0 Å². The Morgan fingerprint density at radius 3 is 2.06 bits per heavy atom. The van der Waals surface area contributed by atoms with Crippen LogP contribution in [0.25, 0.3) is 0 Å². The Kier molecular flexibility index (Phi) is 5.32. The zero-order valence-electron chi connectivity index (χ0n) is 11.7. The van der Waals surface area contributed by atoms with E-state index < -0.39 is 0 Å². The molecular weight excluding hydrogens is 212 g/mol. The van der Waals surface area contributed by atoms with Crippen molar-refractivity contribution < 1.29 is 0 Å². The number of rotatable bonds is 7. The second-order valence-corrected chi connectivity index (χ2v) is 4.64. The average molecular weight is 238 g/mol. The molecule has 2 N–H and O–H groups in total. The van der Waals surface area contributed by atoms with E-state index >= 15 is 0 Å². The molecule has 0 radical (unpaired) electrons. The van der Waals surface area contributed by atoms with Gasteiger partial charge in [-0.1, -0.05) is 26.7 Å². The van der Waals surface area contributed by atoms with Gasteiger partial charge in [0, 0.05) is 20.1 Å². The molecular formula is C13H26N4. The number of anilines is 2. The summed E-state index contributed by atoms with van der Waals surface area (Å²) < 4.78 is 1.91. The van der Waals surface area contributed by atoms with Crippen LogP contribution in [0.15, 0.2) is 0 Å². The third-order valence-electron chi connectivity index (χ3n) is 3.10. The zero-order chi connectivity index (χ0) is 12.8. The molecule has 0 unspecified atom stereocenters. The van der Waals surface area contributed by atoms with Crippen molar-refractivity contribution in [3.05, 3.63) is 5.69 Å². The number of aryl methyl sites for hydroxylation is 2. The van der Waals surface area contributed by atoms with Gasteiger partial charge in [-0.2, -0.15) is 5.10 Å². The molecule has 0 atom stereocenters. The Bertz CT molecular complexity index is 335. The second kappa shape index (κ2) is 6.52. The van der Waals surface area contributed by atoms with Gasteiger partial charge in [0.2, 0.25) is 0 Å². The summed E-state index contributed by atoms with van der Waals surface area (Å²) >= 11 is 0. The Morgan fingerprint density at radius 2 is 1.71 bits per heavy atom. The van der Waals surface area contributed by atoms with Crippen LogP contribution in [-0.2, 0) is 7.05 Å². The Hall–Kier alpha value is -1.19. The molecule has 1 aromatic heterocycles. The van der Waals surface area contributed by atoms with Gasteiger partial charge in [0.15, 0.2) is 0 Å². The van der Waals surface area contributed by atoms with Crippen molar-refractivity contribution in [3.8, 4) is 0 Å². The van der Waals surface area contributed by atoms with Crippen molar-refractivity contribution in [2.75, 3.05) is 23.7 Å². The molecule has 0 aromatic carbocycles. The van der Waals surface area contributed by atoms with Crippen molar-refractivity contribution >= 4 is 11.5 Å². The summed E-state index contributed by atoms with van der Waals surface area (Å²) in [4.78, 5) is 2.38. The minimum absolute atomic E-state index is 0.833. The third-order valence-corrected chi connectivity index (χ3v) is 3.10. The van der Waals surface area contributed by atoms with E-state index in [1.165, 1.54) is 25.7 Å². The van der Waals surface area contributed by atoms with E-state index in [2.05, 4.69) is 23.8 Å². The maximum Gasteiger partial charge on any atom is 0.150 e. The van der Waals surface area contributed by atoms with Crippen LogP contribution in [-0.4, -0.2) is 22.9 Å². The quantitative estimate of drug-likeness (QED) is 0.794. The number of unbranched alkanes of at least 4 members (excludes halogenated alkanes) is 2. The smallest absolute Gasteiger partial charge is 0.150 e. The van der Waals surface area contributed by atoms with Crippen LogP contribution in [0, 0.1) is 6.92 Å². The number of hydrogen-bond donors (Lipinski definition) is 1. The van der Waals surface area contributed by atoms with Crippen LogP contribution in [0.5, 0.6) is 0 Å². The highest BCUT2D eigenvalue weighted by molar-refractivity contribution is 5.66. The van der Waals surface area contributed by atoms with E-state index in [4.69, 9.17) is 5.73 Å². The van der Waals surface area contributed by atoms with E-state index in [-0.39, 0.29) is 0 Å². The molecule has 0 fully saturated rings. The van der Waals surface area contributed by atoms with Crippen LogP contribution in [0.2, 0.25) is 0 Å². The summed E-state index contributed by atoms with van der Waals surface area (Å²) in [5, 5.41) is 4.40. The summed E-state index contributed by atoms with van der Waals surface area (Å²) in [7, 11) is 1.98. The fourth-order valence-corrected chi connectivity index (χ4v) is 2.06. The highest BCUT2D eigenvalue weighted by atomic mass is 15.4. The van der Waals surface area contributed by atoms with E-state index in [1.54, 1.807) is 0 Å². The summed E-state index contributed by atoms with van der Waals surface area (Å²) in [6, 6.07) is 0. The van der Waals surface area contributed by atoms with Gasteiger partial charge < -0.3 is 10.6 Å². The van der Waals surface area contributed by atoms with Crippen LogP contribution < -0.4 is 10.6 Å². The molecule has 0 aliphatic rings. The van der Waals surface area contributed by atoms with Crippen molar-refractivity contribution in [1.29, 1.82) is 0 Å². The van der Waals surface area contributed by atoms with Crippen LogP contribution >= 0.6 is 0 Å². The molecule has 0 spiro atoms. The molecule has 1 aromatic rings. The minimum atomic E-state index is 0.833. The third kappa shape index (κ3) is 3.38. The SMILES string of the molecule is CCCCN(CCCC)c1c(N)c(C)nn1C. The van der Waals surface area contributed by atoms with Crippen molar-refractivity contribution in [1.82, 2.24) is 9.78 Å². The zero-order valence-corrected chi connectivity index (χ0v) is 11.7. The molecule has 0 saturated carbocycles. The van der Waals surface area contributed by atoms with Crippen molar-refractivity contribution in [3.63, 3.8) is 0 Å². The fourth-order valence-electron chi connectivity index (χ4n) is 2.06. The molecule has 4 heteroatoms. The van der Waals surface area contributed by atoms with Crippen molar-refractivity contribution in [2.45, 2.75) is 46.5 Å². The predicted octanol–water partition coefficient (Wildman–Crippen LogP) is 2.72. The van der Waals surface area contributed by atoms with E-state index in [0.717, 1.165) is 30.3 Å². The van der Waals surface area contributed by atoms with Gasteiger partial charge in [0.25, 0.3) is 0 Å². The second-order valence-electron chi connectivity index (χ2n) is 4.64. The first-order chi connectivity index (χ1) is 8.11. The monoisotopic (exact) mass is 238 g/mol. The summed E-state index contributed by atoms with van der Waals surface area (Å²) in [6.07, 6.45) is 4.82. The summed E-state index contributed by atoms with van der Waals surface area (Å²) in [5.74, 6) is 1.09.